The first-order valence-electron chi connectivity index (χ1n) is 10.9. The average Bonchev–Trinajstić information content (AvgIpc) is 2.82. The maximum absolute atomic E-state index is 14.1. The molecule has 3 aromatic rings. The molecule has 0 amide bonds. The summed E-state index contributed by atoms with van der Waals surface area (Å²) < 4.78 is 109. The second-order valence-corrected chi connectivity index (χ2v) is 8.82. The minimum atomic E-state index is -4.83. The van der Waals surface area contributed by atoms with Crippen molar-refractivity contribution in [2.45, 2.75) is 44.0 Å². The van der Waals surface area contributed by atoms with Crippen molar-refractivity contribution in [1.82, 2.24) is 0 Å². The maximum atomic E-state index is 14.1. The van der Waals surface area contributed by atoms with Crippen molar-refractivity contribution in [2.24, 2.45) is 5.92 Å². The van der Waals surface area contributed by atoms with E-state index in [9.17, 15) is 45.6 Å². The molecule has 2 nitrogen and oxygen atoms in total. The quantitative estimate of drug-likeness (QED) is 0.327. The van der Waals surface area contributed by atoms with Gasteiger partial charge in [-0.1, -0.05) is 6.07 Å². The highest BCUT2D eigenvalue weighted by Gasteiger charge is 2.42. The van der Waals surface area contributed by atoms with E-state index in [4.69, 9.17) is 0 Å². The van der Waals surface area contributed by atoms with Crippen LogP contribution in [0.4, 0.5) is 35.1 Å². The van der Waals surface area contributed by atoms with Crippen molar-refractivity contribution < 1.29 is 35.1 Å². The summed E-state index contributed by atoms with van der Waals surface area (Å²) >= 11 is 0. The van der Waals surface area contributed by atoms with Crippen molar-refractivity contribution in [3.63, 3.8) is 0 Å². The van der Waals surface area contributed by atoms with Crippen LogP contribution in [0.3, 0.4) is 0 Å². The lowest BCUT2D eigenvalue weighted by Gasteiger charge is -2.30. The number of nitriles is 2. The molecule has 0 aromatic heterocycles. The first kappa shape index (κ1) is 25.4. The Balaban J connectivity index is 1.95. The van der Waals surface area contributed by atoms with Crippen molar-refractivity contribution in [2.75, 3.05) is 0 Å². The second-order valence-electron chi connectivity index (χ2n) is 8.82. The van der Waals surface area contributed by atoms with Crippen LogP contribution in [-0.2, 0) is 6.18 Å². The Bertz CT molecular complexity index is 1420. The molecule has 0 heterocycles. The fourth-order valence-electron chi connectivity index (χ4n) is 4.85. The van der Waals surface area contributed by atoms with Gasteiger partial charge in [0, 0.05) is 5.56 Å². The number of benzene rings is 3. The Hall–Kier alpha value is -3.66. The summed E-state index contributed by atoms with van der Waals surface area (Å²) in [7, 11) is 0. The van der Waals surface area contributed by atoms with E-state index in [1.54, 1.807) is 12.1 Å². The fraction of sp³-hybridized carbons (Fsp3) is 0.308. The largest absolute Gasteiger partial charge is 0.416 e. The molecular formula is C26H16F8N2. The lowest BCUT2D eigenvalue weighted by atomic mass is 9.77. The topological polar surface area (TPSA) is 47.6 Å². The zero-order valence-corrected chi connectivity index (χ0v) is 18.4. The highest BCUT2D eigenvalue weighted by atomic mass is 19.4. The zero-order valence-electron chi connectivity index (χ0n) is 18.4. The van der Waals surface area contributed by atoms with Gasteiger partial charge in [0.1, 0.15) is 12.1 Å². The van der Waals surface area contributed by atoms with Gasteiger partial charge in [-0.05, 0) is 83.8 Å². The molecule has 0 unspecified atom stereocenters. The Labute approximate surface area is 200 Å². The Morgan fingerprint density at radius 2 is 1.39 bits per heavy atom. The molecule has 3 aromatic carbocycles. The highest BCUT2D eigenvalue weighted by molar-refractivity contribution is 6.01. The summed E-state index contributed by atoms with van der Waals surface area (Å²) in [5, 5.41) is 19.2. The van der Waals surface area contributed by atoms with Gasteiger partial charge in [-0.15, -0.1) is 0 Å². The number of alkyl halides is 6. The van der Waals surface area contributed by atoms with Crippen LogP contribution in [0.1, 0.15) is 53.9 Å². The SMILES string of the molecule is N#Cc1cc2cc(F)c(F)cc2c(-c2cc(C3CCC(C(F)(F)F)CC3)cc(C(F)(F)F)c2)c1C#N. The van der Waals surface area contributed by atoms with Gasteiger partial charge in [0.15, 0.2) is 11.6 Å². The monoisotopic (exact) mass is 508 g/mol. The molecule has 0 aliphatic heterocycles. The van der Waals surface area contributed by atoms with Crippen molar-refractivity contribution in [1.29, 1.82) is 10.5 Å². The summed E-state index contributed by atoms with van der Waals surface area (Å²) in [5.74, 6) is -4.67. The minimum Gasteiger partial charge on any atom is -0.204 e. The number of hydrogen-bond acceptors (Lipinski definition) is 2. The molecule has 0 spiro atoms. The molecule has 4 rings (SSSR count). The van der Waals surface area contributed by atoms with Crippen LogP contribution < -0.4 is 0 Å². The second kappa shape index (κ2) is 9.09. The first-order chi connectivity index (χ1) is 16.8. The van der Waals surface area contributed by atoms with Gasteiger partial charge in [-0.2, -0.15) is 36.9 Å². The fourth-order valence-corrected chi connectivity index (χ4v) is 4.85. The third kappa shape index (κ3) is 4.73. The normalized spacial score (nSPS) is 18.6. The summed E-state index contributed by atoms with van der Waals surface area (Å²) in [4.78, 5) is 0. The molecule has 1 fully saturated rings. The molecule has 0 N–H and O–H groups in total. The van der Waals surface area contributed by atoms with Crippen LogP contribution in [0.25, 0.3) is 21.9 Å². The van der Waals surface area contributed by atoms with Crippen molar-refractivity contribution in [3.8, 4) is 23.3 Å². The summed E-state index contributed by atoms with van der Waals surface area (Å²) in [6.07, 6.45) is -9.67. The van der Waals surface area contributed by atoms with E-state index >= 15 is 0 Å². The van der Waals surface area contributed by atoms with Gasteiger partial charge >= 0.3 is 12.4 Å². The van der Waals surface area contributed by atoms with E-state index in [0.29, 0.717) is 0 Å². The molecule has 10 heteroatoms. The Kier molecular flexibility index (Phi) is 6.42. The molecule has 0 bridgehead atoms. The number of rotatable bonds is 2. The van der Waals surface area contributed by atoms with Gasteiger partial charge in [0.2, 0.25) is 0 Å². The maximum Gasteiger partial charge on any atom is 0.416 e. The molecular weight excluding hydrogens is 492 g/mol. The van der Waals surface area contributed by atoms with E-state index in [0.717, 1.165) is 30.3 Å². The highest BCUT2D eigenvalue weighted by Crippen LogP contribution is 2.46. The van der Waals surface area contributed by atoms with Crippen LogP contribution in [-0.4, -0.2) is 6.18 Å². The molecule has 0 atom stereocenters. The van der Waals surface area contributed by atoms with Crippen LogP contribution in [0, 0.1) is 40.2 Å². The predicted octanol–water partition coefficient (Wildman–Crippen LogP) is 8.38. The number of nitrogens with zero attached hydrogens (tertiary/aromatic N) is 2. The summed E-state index contributed by atoms with van der Waals surface area (Å²) in [5.41, 5.74) is -1.88. The molecule has 1 aliphatic rings. The van der Waals surface area contributed by atoms with Crippen LogP contribution in [0.5, 0.6) is 0 Å². The van der Waals surface area contributed by atoms with E-state index in [1.165, 1.54) is 6.07 Å². The molecule has 1 saturated carbocycles. The molecule has 1 aliphatic carbocycles. The minimum absolute atomic E-state index is 0.00379. The van der Waals surface area contributed by atoms with Gasteiger partial charge in [-0.25, -0.2) is 8.78 Å². The number of halogens is 8. The Morgan fingerprint density at radius 3 is 1.94 bits per heavy atom. The zero-order chi connectivity index (χ0) is 26.4. The predicted molar refractivity (Wildman–Crippen MR) is 114 cm³/mol. The standard InChI is InChI=1S/C26H16F8N2/c27-22-9-15-6-17(11-35)21(12-36)24(20(15)10-23(22)28)16-5-14(7-19(8-16)26(32,33)34)13-1-3-18(4-2-13)25(29,30)31/h5-10,13,18H,1-4H2. The van der Waals surface area contributed by atoms with E-state index < -0.39 is 41.4 Å². The van der Waals surface area contributed by atoms with E-state index in [1.807, 2.05) is 0 Å². The third-order valence-corrected chi connectivity index (χ3v) is 6.65. The smallest absolute Gasteiger partial charge is 0.204 e. The van der Waals surface area contributed by atoms with Gasteiger partial charge in [0.05, 0.1) is 22.6 Å². The van der Waals surface area contributed by atoms with Crippen molar-refractivity contribution >= 4 is 10.8 Å². The van der Waals surface area contributed by atoms with Gasteiger partial charge in [-0.3, -0.25) is 0 Å². The van der Waals surface area contributed by atoms with Crippen molar-refractivity contribution in [3.05, 3.63) is 70.3 Å². The summed E-state index contributed by atoms with van der Waals surface area (Å²) in [6.45, 7) is 0. The Morgan fingerprint density at radius 1 is 0.750 bits per heavy atom. The lowest BCUT2D eigenvalue weighted by Crippen LogP contribution is -2.27. The van der Waals surface area contributed by atoms with E-state index in [-0.39, 0.29) is 64.3 Å². The molecule has 36 heavy (non-hydrogen) atoms. The summed E-state index contributed by atoms with van der Waals surface area (Å²) in [6, 6.07) is 9.13. The molecule has 0 saturated heterocycles. The van der Waals surface area contributed by atoms with Crippen LogP contribution in [0.2, 0.25) is 0 Å². The number of hydrogen-bond donors (Lipinski definition) is 0. The van der Waals surface area contributed by atoms with Gasteiger partial charge in [0.25, 0.3) is 0 Å². The molecule has 186 valence electrons. The van der Waals surface area contributed by atoms with Gasteiger partial charge < -0.3 is 0 Å². The van der Waals surface area contributed by atoms with Crippen LogP contribution >= 0.6 is 0 Å². The van der Waals surface area contributed by atoms with Crippen LogP contribution in [0.15, 0.2) is 36.4 Å². The lowest BCUT2D eigenvalue weighted by molar-refractivity contribution is -0.182. The molecule has 0 radical (unpaired) electrons. The first-order valence-corrected chi connectivity index (χ1v) is 10.9. The third-order valence-electron chi connectivity index (χ3n) is 6.65. The number of fused-ring (bicyclic) bond motifs is 1. The van der Waals surface area contributed by atoms with E-state index in [2.05, 4.69) is 0 Å². The average molecular weight is 508 g/mol.